The summed E-state index contributed by atoms with van der Waals surface area (Å²) in [6, 6.07) is 0. The highest BCUT2D eigenvalue weighted by Gasteiger charge is 2.12. The molecule has 0 heterocycles. The molecule has 0 aromatic heterocycles. The Labute approximate surface area is 71.4 Å². The molecule has 1 aliphatic rings. The molecule has 0 atom stereocenters. The average Bonchev–Trinajstić information content (AvgIpc) is 2.07. The first-order valence-corrected chi connectivity index (χ1v) is 5.27. The van der Waals surface area contributed by atoms with Crippen LogP contribution in [0.5, 0.6) is 0 Å². The topological polar surface area (TPSA) is 0 Å². The molecule has 0 spiro atoms. The van der Waals surface area contributed by atoms with Crippen LogP contribution in [-0.2, 0) is 0 Å². The van der Waals surface area contributed by atoms with Crippen molar-refractivity contribution in [2.45, 2.75) is 58.3 Å². The third-order valence-electron chi connectivity index (χ3n) is 2.71. The Morgan fingerprint density at radius 2 is 1.91 bits per heavy atom. The Morgan fingerprint density at radius 1 is 1.18 bits per heavy atom. The monoisotopic (exact) mass is 153 g/mol. The quantitative estimate of drug-likeness (QED) is 0.536. The molecule has 1 rings (SSSR count). The van der Waals surface area contributed by atoms with Crippen LogP contribution in [0, 0.1) is 12.3 Å². The highest BCUT2D eigenvalue weighted by Crippen LogP contribution is 2.27. The Bertz CT molecular complexity index is 80.0. The molecule has 0 aromatic rings. The molecular formula is C11H21. The van der Waals surface area contributed by atoms with Gasteiger partial charge in [-0.05, 0) is 18.8 Å². The molecule has 0 heteroatoms. The van der Waals surface area contributed by atoms with E-state index in [1.54, 1.807) is 0 Å². The zero-order chi connectivity index (χ0) is 7.94. The van der Waals surface area contributed by atoms with E-state index < -0.39 is 0 Å². The van der Waals surface area contributed by atoms with Crippen molar-refractivity contribution in [3.05, 3.63) is 6.42 Å². The van der Waals surface area contributed by atoms with Gasteiger partial charge >= 0.3 is 0 Å². The second-order valence-electron chi connectivity index (χ2n) is 3.78. The second-order valence-corrected chi connectivity index (χ2v) is 3.78. The minimum Gasteiger partial charge on any atom is -0.0654 e. The second kappa shape index (κ2) is 5.62. The van der Waals surface area contributed by atoms with Gasteiger partial charge in [-0.1, -0.05) is 51.9 Å². The van der Waals surface area contributed by atoms with Gasteiger partial charge in [0.15, 0.2) is 0 Å². The van der Waals surface area contributed by atoms with Crippen LogP contribution in [0.4, 0.5) is 0 Å². The van der Waals surface area contributed by atoms with Gasteiger partial charge in [-0.3, -0.25) is 0 Å². The fourth-order valence-electron chi connectivity index (χ4n) is 1.93. The first-order chi connectivity index (χ1) is 5.43. The van der Waals surface area contributed by atoms with Crippen molar-refractivity contribution in [1.29, 1.82) is 0 Å². The van der Waals surface area contributed by atoms with Gasteiger partial charge in [0.2, 0.25) is 0 Å². The van der Waals surface area contributed by atoms with Gasteiger partial charge in [-0.25, -0.2) is 0 Å². The maximum atomic E-state index is 2.57. The summed E-state index contributed by atoms with van der Waals surface area (Å²) in [6.07, 6.45) is 14.1. The molecule has 11 heavy (non-hydrogen) atoms. The van der Waals surface area contributed by atoms with E-state index in [2.05, 4.69) is 13.3 Å². The minimum atomic E-state index is 0.982. The lowest BCUT2D eigenvalue weighted by atomic mass is 9.86. The summed E-state index contributed by atoms with van der Waals surface area (Å²) < 4.78 is 0. The molecule has 0 amide bonds. The lowest BCUT2D eigenvalue weighted by Gasteiger charge is -2.20. The fourth-order valence-corrected chi connectivity index (χ4v) is 1.93. The molecule has 1 aliphatic carbocycles. The lowest BCUT2D eigenvalue weighted by Crippen LogP contribution is -2.06. The molecule has 0 bridgehead atoms. The maximum absolute atomic E-state index is 2.57. The van der Waals surface area contributed by atoms with E-state index in [1.807, 2.05) is 0 Å². The van der Waals surface area contributed by atoms with Crippen molar-refractivity contribution < 1.29 is 0 Å². The van der Waals surface area contributed by atoms with E-state index >= 15 is 0 Å². The number of unbranched alkanes of at least 4 members (excludes halogenated alkanes) is 2. The highest BCUT2D eigenvalue weighted by molar-refractivity contribution is 4.78. The Hall–Kier alpha value is 0. The molecule has 0 N–H and O–H groups in total. The van der Waals surface area contributed by atoms with Crippen LogP contribution in [0.1, 0.15) is 58.3 Å². The third-order valence-corrected chi connectivity index (χ3v) is 2.71. The summed E-state index contributed by atoms with van der Waals surface area (Å²) in [5.41, 5.74) is 0. The van der Waals surface area contributed by atoms with Gasteiger partial charge in [0, 0.05) is 0 Å². The summed E-state index contributed by atoms with van der Waals surface area (Å²) >= 11 is 0. The van der Waals surface area contributed by atoms with Crippen LogP contribution in [0.15, 0.2) is 0 Å². The molecule has 0 unspecified atom stereocenters. The predicted octanol–water partition coefficient (Wildman–Crippen LogP) is 3.96. The van der Waals surface area contributed by atoms with Crippen molar-refractivity contribution in [2.24, 2.45) is 5.92 Å². The predicted molar refractivity (Wildman–Crippen MR) is 50.4 cm³/mol. The molecule has 0 saturated heterocycles. The third kappa shape index (κ3) is 3.79. The standard InChI is InChI=1S/C11H21/c1-2-3-5-8-11-9-6-4-7-10-11/h8,11H,2-7,9-10H2,1H3. The molecule has 0 aromatic carbocycles. The van der Waals surface area contributed by atoms with Gasteiger partial charge in [-0.2, -0.15) is 0 Å². The number of hydrogen-bond donors (Lipinski definition) is 0. The summed E-state index contributed by atoms with van der Waals surface area (Å²) in [7, 11) is 0. The van der Waals surface area contributed by atoms with Crippen molar-refractivity contribution in [1.82, 2.24) is 0 Å². The Balaban J connectivity index is 1.96. The van der Waals surface area contributed by atoms with Crippen molar-refractivity contribution in [3.63, 3.8) is 0 Å². The first-order valence-electron chi connectivity index (χ1n) is 5.27. The maximum Gasteiger partial charge on any atom is -0.0355 e. The molecule has 65 valence electrons. The molecular weight excluding hydrogens is 132 g/mol. The summed E-state index contributed by atoms with van der Waals surface area (Å²) in [5, 5.41) is 0. The van der Waals surface area contributed by atoms with E-state index in [1.165, 1.54) is 51.4 Å². The van der Waals surface area contributed by atoms with Gasteiger partial charge in [-0.15, -0.1) is 0 Å². The summed E-state index contributed by atoms with van der Waals surface area (Å²) in [4.78, 5) is 0. The highest BCUT2D eigenvalue weighted by atomic mass is 14.2. The fraction of sp³-hybridized carbons (Fsp3) is 0.909. The van der Waals surface area contributed by atoms with Crippen LogP contribution in [0.25, 0.3) is 0 Å². The first kappa shape index (κ1) is 9.09. The van der Waals surface area contributed by atoms with E-state index in [0.29, 0.717) is 0 Å². The Kier molecular flexibility index (Phi) is 4.65. The van der Waals surface area contributed by atoms with Gasteiger partial charge in [0.1, 0.15) is 0 Å². The van der Waals surface area contributed by atoms with Crippen molar-refractivity contribution >= 4 is 0 Å². The molecule has 0 aliphatic heterocycles. The summed E-state index contributed by atoms with van der Waals surface area (Å²) in [5.74, 6) is 0.982. The van der Waals surface area contributed by atoms with Crippen molar-refractivity contribution in [3.8, 4) is 0 Å². The molecule has 1 radical (unpaired) electrons. The molecule has 0 nitrogen and oxygen atoms in total. The normalized spacial score (nSPS) is 20.5. The SMILES string of the molecule is CCCC[CH]C1CCCCC1. The summed E-state index contributed by atoms with van der Waals surface area (Å²) in [6.45, 7) is 2.27. The van der Waals surface area contributed by atoms with Gasteiger partial charge < -0.3 is 0 Å². The zero-order valence-electron chi connectivity index (χ0n) is 7.81. The van der Waals surface area contributed by atoms with Gasteiger partial charge in [0.25, 0.3) is 0 Å². The largest absolute Gasteiger partial charge is 0.0654 e. The van der Waals surface area contributed by atoms with Gasteiger partial charge in [0.05, 0.1) is 0 Å². The van der Waals surface area contributed by atoms with E-state index in [9.17, 15) is 0 Å². The van der Waals surface area contributed by atoms with E-state index in [-0.39, 0.29) is 0 Å². The van der Waals surface area contributed by atoms with Crippen molar-refractivity contribution in [2.75, 3.05) is 0 Å². The average molecular weight is 153 g/mol. The van der Waals surface area contributed by atoms with E-state index in [0.717, 1.165) is 5.92 Å². The molecule has 1 fully saturated rings. The van der Waals surface area contributed by atoms with Crippen LogP contribution < -0.4 is 0 Å². The number of rotatable bonds is 4. The van der Waals surface area contributed by atoms with Crippen LogP contribution in [0.3, 0.4) is 0 Å². The van der Waals surface area contributed by atoms with Crippen LogP contribution >= 0.6 is 0 Å². The number of hydrogen-bond acceptors (Lipinski definition) is 0. The minimum absolute atomic E-state index is 0.982. The van der Waals surface area contributed by atoms with Crippen LogP contribution in [-0.4, -0.2) is 0 Å². The van der Waals surface area contributed by atoms with E-state index in [4.69, 9.17) is 0 Å². The smallest absolute Gasteiger partial charge is 0.0355 e. The zero-order valence-corrected chi connectivity index (χ0v) is 7.81. The van der Waals surface area contributed by atoms with Crippen LogP contribution in [0.2, 0.25) is 0 Å². The Morgan fingerprint density at radius 3 is 2.55 bits per heavy atom. The lowest BCUT2D eigenvalue weighted by molar-refractivity contribution is 0.388. The molecule has 1 saturated carbocycles.